The summed E-state index contributed by atoms with van der Waals surface area (Å²) in [5, 5.41) is 15.8. The Hall–Kier alpha value is -4.03. The van der Waals surface area contributed by atoms with Crippen LogP contribution in [-0.4, -0.2) is 48.9 Å². The van der Waals surface area contributed by atoms with Gasteiger partial charge in [-0.3, -0.25) is 10.00 Å². The summed E-state index contributed by atoms with van der Waals surface area (Å²) in [5.74, 6) is 1.30. The Kier molecular flexibility index (Phi) is 7.07. The largest absolute Gasteiger partial charge is 0.493 e. The monoisotopic (exact) mass is 448 g/mol. The Labute approximate surface area is 191 Å². The fourth-order valence-electron chi connectivity index (χ4n) is 3.48. The number of aromatic nitrogens is 2. The van der Waals surface area contributed by atoms with E-state index >= 15 is 0 Å². The molecule has 1 N–H and O–H groups in total. The van der Waals surface area contributed by atoms with Crippen molar-refractivity contribution in [2.75, 3.05) is 32.2 Å². The summed E-state index contributed by atoms with van der Waals surface area (Å²) in [6, 6.07) is 16.2. The summed E-state index contributed by atoms with van der Waals surface area (Å²) >= 11 is 0. The Morgan fingerprint density at radius 2 is 2.09 bits per heavy atom. The minimum atomic E-state index is -0.577. The van der Waals surface area contributed by atoms with Gasteiger partial charge in [0.2, 0.25) is 0 Å². The maximum absolute atomic E-state index is 12.1. The Morgan fingerprint density at radius 3 is 2.82 bits per heavy atom. The molecule has 1 amide bonds. The van der Waals surface area contributed by atoms with Crippen molar-refractivity contribution in [2.24, 2.45) is 0 Å². The van der Waals surface area contributed by atoms with Gasteiger partial charge in [-0.15, -0.1) is 0 Å². The van der Waals surface area contributed by atoms with E-state index in [0.717, 1.165) is 17.7 Å². The molecule has 0 aliphatic carbocycles. The van der Waals surface area contributed by atoms with Gasteiger partial charge in [-0.25, -0.2) is 4.79 Å². The van der Waals surface area contributed by atoms with Crippen LogP contribution in [0.3, 0.4) is 0 Å². The topological polar surface area (TPSA) is 108 Å². The van der Waals surface area contributed by atoms with Crippen molar-refractivity contribution in [3.63, 3.8) is 0 Å². The zero-order chi connectivity index (χ0) is 23.0. The highest BCUT2D eigenvalue weighted by atomic mass is 16.6. The number of anilines is 1. The molecule has 0 spiro atoms. The predicted octanol–water partition coefficient (Wildman–Crippen LogP) is 3.85. The molecule has 2 aromatic carbocycles. The molecule has 170 valence electrons. The molecule has 9 nitrogen and oxygen atoms in total. The Bertz CT molecular complexity index is 1130. The second-order valence-corrected chi connectivity index (χ2v) is 7.36. The normalized spacial score (nSPS) is 15.0. The third-order valence-electron chi connectivity index (χ3n) is 5.15. The maximum Gasteiger partial charge on any atom is 0.411 e. The minimum Gasteiger partial charge on any atom is -0.493 e. The summed E-state index contributed by atoms with van der Waals surface area (Å²) in [6.45, 7) is 1.77. The second-order valence-electron chi connectivity index (χ2n) is 7.36. The van der Waals surface area contributed by atoms with Crippen LogP contribution in [0.5, 0.6) is 11.5 Å². The molecule has 1 saturated heterocycles. The van der Waals surface area contributed by atoms with Crippen LogP contribution in [0.15, 0.2) is 54.7 Å². The number of carbonyl (C=O) groups is 1. The minimum absolute atomic E-state index is 0.00192. The van der Waals surface area contributed by atoms with Gasteiger partial charge in [-0.2, -0.15) is 10.4 Å². The number of carbonyl (C=O) groups excluding carboxylic acids is 1. The van der Waals surface area contributed by atoms with Gasteiger partial charge in [0.1, 0.15) is 12.7 Å². The van der Waals surface area contributed by atoms with Crippen LogP contribution in [0.2, 0.25) is 0 Å². The number of nitrogens with one attached hydrogen (secondary N) is 1. The van der Waals surface area contributed by atoms with E-state index in [-0.39, 0.29) is 12.7 Å². The first-order valence-corrected chi connectivity index (χ1v) is 10.5. The average molecular weight is 448 g/mol. The van der Waals surface area contributed by atoms with Gasteiger partial charge in [0, 0.05) is 23.9 Å². The van der Waals surface area contributed by atoms with E-state index in [9.17, 15) is 4.79 Å². The van der Waals surface area contributed by atoms with Crippen LogP contribution in [0.25, 0.3) is 11.3 Å². The van der Waals surface area contributed by atoms with E-state index in [4.69, 9.17) is 24.2 Å². The molecular weight excluding hydrogens is 424 g/mol. The van der Waals surface area contributed by atoms with Gasteiger partial charge < -0.3 is 18.9 Å². The first kappa shape index (κ1) is 22.2. The van der Waals surface area contributed by atoms with Crippen molar-refractivity contribution in [1.29, 1.82) is 5.26 Å². The van der Waals surface area contributed by atoms with Crippen molar-refractivity contribution in [1.82, 2.24) is 9.78 Å². The molecule has 4 rings (SSSR count). The molecular formula is C24H24N4O5. The van der Waals surface area contributed by atoms with E-state index in [0.29, 0.717) is 42.5 Å². The van der Waals surface area contributed by atoms with Gasteiger partial charge >= 0.3 is 6.09 Å². The number of benzene rings is 2. The highest BCUT2D eigenvalue weighted by Gasteiger charge is 2.20. The second kappa shape index (κ2) is 10.5. The Balaban J connectivity index is 1.37. The first-order valence-electron chi connectivity index (χ1n) is 10.5. The van der Waals surface area contributed by atoms with Gasteiger partial charge in [0.15, 0.2) is 11.5 Å². The molecule has 9 heteroatoms. The lowest BCUT2D eigenvalue weighted by atomic mass is 10.1. The molecule has 1 aliphatic rings. The summed E-state index contributed by atoms with van der Waals surface area (Å²) < 4.78 is 24.0. The first-order chi connectivity index (χ1) is 16.2. The summed E-state index contributed by atoms with van der Waals surface area (Å²) in [7, 11) is 1.61. The van der Waals surface area contributed by atoms with E-state index in [1.807, 2.05) is 30.3 Å². The standard InChI is InChI=1S/C24H24N4O5/c1-30-22-7-4-18(14-23(22)33-20-9-12-31-16-20)21-8-10-26-28(21)11-13-32-24(29)27-19-5-2-17(15-25)3-6-19/h2-8,10,14,20H,9,11-13,16H2,1H3,(H,27,29). The molecule has 0 radical (unpaired) electrons. The SMILES string of the molecule is COc1ccc(-c2ccnn2CCOC(=O)Nc2ccc(C#N)cc2)cc1OC1CCOC1. The van der Waals surface area contributed by atoms with E-state index in [1.165, 1.54) is 0 Å². The van der Waals surface area contributed by atoms with E-state index in [1.54, 1.807) is 42.3 Å². The van der Waals surface area contributed by atoms with Crippen LogP contribution >= 0.6 is 0 Å². The highest BCUT2D eigenvalue weighted by Crippen LogP contribution is 2.34. The molecule has 1 fully saturated rings. The Morgan fingerprint density at radius 1 is 1.24 bits per heavy atom. The zero-order valence-electron chi connectivity index (χ0n) is 18.2. The van der Waals surface area contributed by atoms with Gasteiger partial charge in [-0.05, 0) is 48.5 Å². The molecule has 0 bridgehead atoms. The predicted molar refractivity (Wildman–Crippen MR) is 120 cm³/mol. The number of amides is 1. The molecule has 1 unspecified atom stereocenters. The van der Waals surface area contributed by atoms with Gasteiger partial charge in [-0.1, -0.05) is 0 Å². The molecule has 33 heavy (non-hydrogen) atoms. The van der Waals surface area contributed by atoms with Crippen LogP contribution < -0.4 is 14.8 Å². The third kappa shape index (κ3) is 5.61. The van der Waals surface area contributed by atoms with Crippen molar-refractivity contribution in [3.8, 4) is 28.8 Å². The zero-order valence-corrected chi connectivity index (χ0v) is 18.2. The van der Waals surface area contributed by atoms with Crippen molar-refractivity contribution < 1.29 is 23.7 Å². The van der Waals surface area contributed by atoms with Crippen LogP contribution in [-0.2, 0) is 16.0 Å². The fourth-order valence-corrected chi connectivity index (χ4v) is 3.48. The van der Waals surface area contributed by atoms with Crippen LogP contribution in [0.1, 0.15) is 12.0 Å². The maximum atomic E-state index is 12.1. The quantitative estimate of drug-likeness (QED) is 0.558. The summed E-state index contributed by atoms with van der Waals surface area (Å²) in [5.41, 5.74) is 2.84. The number of rotatable bonds is 8. The summed E-state index contributed by atoms with van der Waals surface area (Å²) in [6.07, 6.45) is 1.96. The van der Waals surface area contributed by atoms with E-state index < -0.39 is 6.09 Å². The number of methoxy groups -OCH3 is 1. The molecule has 3 aromatic rings. The van der Waals surface area contributed by atoms with Gasteiger partial charge in [0.25, 0.3) is 0 Å². The highest BCUT2D eigenvalue weighted by molar-refractivity contribution is 5.84. The smallest absolute Gasteiger partial charge is 0.411 e. The number of ether oxygens (including phenoxy) is 4. The van der Waals surface area contributed by atoms with Crippen molar-refractivity contribution in [3.05, 3.63) is 60.3 Å². The van der Waals surface area contributed by atoms with Crippen LogP contribution in [0, 0.1) is 11.3 Å². The van der Waals surface area contributed by atoms with Crippen molar-refractivity contribution in [2.45, 2.75) is 19.1 Å². The molecule has 1 aliphatic heterocycles. The fraction of sp³-hybridized carbons (Fsp3) is 0.292. The molecule has 2 heterocycles. The number of hydrogen-bond donors (Lipinski definition) is 1. The number of hydrogen-bond acceptors (Lipinski definition) is 7. The lowest BCUT2D eigenvalue weighted by molar-refractivity contribution is 0.138. The third-order valence-corrected chi connectivity index (χ3v) is 5.15. The molecule has 1 atom stereocenters. The lowest BCUT2D eigenvalue weighted by Gasteiger charge is -2.16. The number of nitrogens with zero attached hydrogens (tertiary/aromatic N) is 3. The number of nitriles is 1. The molecule has 1 aromatic heterocycles. The average Bonchev–Trinajstić information content (AvgIpc) is 3.52. The van der Waals surface area contributed by atoms with E-state index in [2.05, 4.69) is 10.4 Å². The van der Waals surface area contributed by atoms with Crippen molar-refractivity contribution >= 4 is 11.8 Å². The van der Waals surface area contributed by atoms with Gasteiger partial charge in [0.05, 0.1) is 44.2 Å². The summed E-state index contributed by atoms with van der Waals surface area (Å²) in [4.78, 5) is 12.1. The van der Waals surface area contributed by atoms with Crippen LogP contribution in [0.4, 0.5) is 10.5 Å². The molecule has 0 saturated carbocycles. The lowest BCUT2D eigenvalue weighted by Crippen LogP contribution is -2.18.